The third-order valence-corrected chi connectivity index (χ3v) is 9.27. The van der Waals surface area contributed by atoms with Crippen molar-refractivity contribution in [3.8, 4) is 0 Å². The highest BCUT2D eigenvalue weighted by Crippen LogP contribution is 2.36. The fourth-order valence-electron chi connectivity index (χ4n) is 3.90. The summed E-state index contributed by atoms with van der Waals surface area (Å²) in [6.45, 7) is -0.0182. The van der Waals surface area contributed by atoms with Gasteiger partial charge < -0.3 is 5.32 Å². The van der Waals surface area contributed by atoms with Crippen LogP contribution in [0.25, 0.3) is 0 Å². The summed E-state index contributed by atoms with van der Waals surface area (Å²) < 4.78 is 93.0. The first-order valence-electron chi connectivity index (χ1n) is 12.2. The van der Waals surface area contributed by atoms with Crippen molar-refractivity contribution in [3.63, 3.8) is 0 Å². The molecule has 0 fully saturated rings. The van der Waals surface area contributed by atoms with E-state index in [1.807, 2.05) is 0 Å². The second-order valence-electron chi connectivity index (χ2n) is 9.18. The van der Waals surface area contributed by atoms with Gasteiger partial charge >= 0.3 is 6.18 Å². The van der Waals surface area contributed by atoms with E-state index in [-0.39, 0.29) is 28.4 Å². The van der Waals surface area contributed by atoms with Crippen LogP contribution < -0.4 is 14.3 Å². The molecule has 0 unspecified atom stereocenters. The highest BCUT2D eigenvalue weighted by atomic mass is 35.5. The molecule has 0 spiro atoms. The first kappa shape index (κ1) is 32.1. The molecule has 0 aromatic heterocycles. The topological polar surface area (TPSA) is 113 Å². The van der Waals surface area contributed by atoms with Crippen LogP contribution in [-0.4, -0.2) is 29.0 Å². The lowest BCUT2D eigenvalue weighted by atomic mass is 10.1. The van der Waals surface area contributed by atoms with E-state index in [1.165, 1.54) is 48.5 Å². The number of benzene rings is 4. The molecule has 0 radical (unpaired) electrons. The van der Waals surface area contributed by atoms with Gasteiger partial charge in [-0.3, -0.25) is 13.8 Å². The van der Waals surface area contributed by atoms with Gasteiger partial charge in [0.15, 0.2) is 0 Å². The minimum atomic E-state index is -4.78. The summed E-state index contributed by atoms with van der Waals surface area (Å²) in [4.78, 5) is 12.5. The standard InChI is InChI=1S/C28H22Cl2F3N3O5S2/c1-42(38,39)36(17-19-4-2-3-5-25(19)29)22-11-6-18(7-12-22)27(37)34-20-8-13-23(14-9-20)43(40,41)35-21-10-15-26(30)24(16-21)28(31,32)33/h2-16,35H,17H2,1H3,(H,34,37). The summed E-state index contributed by atoms with van der Waals surface area (Å²) >= 11 is 11.8. The lowest BCUT2D eigenvalue weighted by Gasteiger charge is -2.23. The zero-order chi connectivity index (χ0) is 31.6. The molecule has 0 saturated carbocycles. The number of amides is 1. The predicted molar refractivity (Wildman–Crippen MR) is 161 cm³/mol. The molecule has 4 aromatic carbocycles. The third kappa shape index (κ3) is 7.99. The molecular formula is C28H22Cl2F3N3O5S2. The number of alkyl halides is 3. The van der Waals surface area contributed by atoms with E-state index >= 15 is 0 Å². The lowest BCUT2D eigenvalue weighted by molar-refractivity contribution is -0.137. The van der Waals surface area contributed by atoms with Crippen molar-refractivity contribution in [2.24, 2.45) is 0 Å². The third-order valence-electron chi connectivity index (χ3n) is 6.04. The molecule has 8 nitrogen and oxygen atoms in total. The van der Waals surface area contributed by atoms with E-state index in [9.17, 15) is 34.8 Å². The van der Waals surface area contributed by atoms with Gasteiger partial charge in [-0.15, -0.1) is 0 Å². The van der Waals surface area contributed by atoms with Crippen LogP contribution in [0.15, 0.2) is 95.9 Å². The van der Waals surface area contributed by atoms with Crippen LogP contribution >= 0.6 is 23.2 Å². The van der Waals surface area contributed by atoms with E-state index in [0.29, 0.717) is 22.3 Å². The summed E-state index contributed by atoms with van der Waals surface area (Å²) in [6.07, 6.45) is -3.72. The predicted octanol–water partition coefficient (Wildman–Crippen LogP) is 7.03. The summed E-state index contributed by atoms with van der Waals surface area (Å²) in [5.74, 6) is -0.557. The van der Waals surface area contributed by atoms with Crippen molar-refractivity contribution in [2.75, 3.05) is 20.6 Å². The molecule has 0 aliphatic heterocycles. The van der Waals surface area contributed by atoms with Crippen LogP contribution in [0.4, 0.5) is 30.2 Å². The minimum absolute atomic E-state index is 0.0182. The first-order valence-corrected chi connectivity index (χ1v) is 16.3. The van der Waals surface area contributed by atoms with Crippen molar-refractivity contribution in [1.29, 1.82) is 0 Å². The molecule has 43 heavy (non-hydrogen) atoms. The number of rotatable bonds is 9. The summed E-state index contributed by atoms with van der Waals surface area (Å²) in [5.41, 5.74) is -0.198. The Morgan fingerprint density at radius 1 is 0.814 bits per heavy atom. The van der Waals surface area contributed by atoms with Gasteiger partial charge in [0, 0.05) is 22.0 Å². The highest BCUT2D eigenvalue weighted by Gasteiger charge is 2.33. The molecule has 4 rings (SSSR count). The fraction of sp³-hybridized carbons (Fsp3) is 0.107. The van der Waals surface area contributed by atoms with Crippen molar-refractivity contribution in [2.45, 2.75) is 17.6 Å². The molecule has 226 valence electrons. The zero-order valence-corrected chi connectivity index (χ0v) is 25.2. The number of hydrogen-bond donors (Lipinski definition) is 2. The van der Waals surface area contributed by atoms with Crippen molar-refractivity contribution >= 4 is 66.2 Å². The summed E-state index contributed by atoms with van der Waals surface area (Å²) in [7, 11) is -7.97. The quantitative estimate of drug-likeness (QED) is 0.198. The number of sulfonamides is 2. The second kappa shape index (κ2) is 12.4. The van der Waals surface area contributed by atoms with Gasteiger partial charge in [-0.1, -0.05) is 41.4 Å². The first-order chi connectivity index (χ1) is 20.0. The number of carbonyl (C=O) groups excluding carboxylic acids is 1. The maximum Gasteiger partial charge on any atom is 0.417 e. The molecule has 0 atom stereocenters. The van der Waals surface area contributed by atoms with Gasteiger partial charge in [0.2, 0.25) is 10.0 Å². The van der Waals surface area contributed by atoms with E-state index in [0.717, 1.165) is 22.7 Å². The summed E-state index contributed by atoms with van der Waals surface area (Å²) in [6, 6.07) is 20.2. The van der Waals surface area contributed by atoms with Crippen LogP contribution in [0.5, 0.6) is 0 Å². The van der Waals surface area contributed by atoms with Crippen molar-refractivity contribution in [3.05, 3.63) is 118 Å². The smallest absolute Gasteiger partial charge is 0.322 e. The average Bonchev–Trinajstić information content (AvgIpc) is 2.92. The molecule has 0 heterocycles. The van der Waals surface area contributed by atoms with Crippen LogP contribution in [0.1, 0.15) is 21.5 Å². The number of hydrogen-bond acceptors (Lipinski definition) is 5. The van der Waals surface area contributed by atoms with Crippen LogP contribution in [0, 0.1) is 0 Å². The molecule has 0 bridgehead atoms. The number of carbonyl (C=O) groups is 1. The molecule has 15 heteroatoms. The van der Waals surface area contributed by atoms with E-state index in [2.05, 4.69) is 10.0 Å². The highest BCUT2D eigenvalue weighted by molar-refractivity contribution is 7.92. The largest absolute Gasteiger partial charge is 0.417 e. The second-order valence-corrected chi connectivity index (χ2v) is 13.6. The minimum Gasteiger partial charge on any atom is -0.322 e. The van der Waals surface area contributed by atoms with Crippen molar-refractivity contribution < 1.29 is 34.8 Å². The van der Waals surface area contributed by atoms with Crippen LogP contribution in [-0.2, 0) is 32.8 Å². The summed E-state index contributed by atoms with van der Waals surface area (Å²) in [5, 5.41) is 2.43. The Morgan fingerprint density at radius 3 is 2.00 bits per heavy atom. The Labute approximate surface area is 256 Å². The Bertz CT molecular complexity index is 1870. The molecule has 2 N–H and O–H groups in total. The van der Waals surface area contributed by atoms with Gasteiger partial charge in [-0.25, -0.2) is 16.8 Å². The molecular weight excluding hydrogens is 650 g/mol. The molecule has 0 saturated heterocycles. The van der Waals surface area contributed by atoms with E-state index in [1.54, 1.807) is 24.3 Å². The number of nitrogens with one attached hydrogen (secondary N) is 2. The Hall–Kier alpha value is -3.78. The van der Waals surface area contributed by atoms with Gasteiger partial charge in [-0.2, -0.15) is 13.2 Å². The fourth-order valence-corrected chi connectivity index (χ4v) is 6.25. The molecule has 0 aliphatic rings. The van der Waals surface area contributed by atoms with Gasteiger partial charge in [0.1, 0.15) is 0 Å². The average molecular weight is 673 g/mol. The zero-order valence-electron chi connectivity index (χ0n) is 22.1. The van der Waals surface area contributed by atoms with Crippen LogP contribution in [0.2, 0.25) is 10.0 Å². The normalized spacial score (nSPS) is 12.0. The monoisotopic (exact) mass is 671 g/mol. The Morgan fingerprint density at radius 2 is 1.42 bits per heavy atom. The number of anilines is 3. The van der Waals surface area contributed by atoms with Crippen LogP contribution in [0.3, 0.4) is 0 Å². The van der Waals surface area contributed by atoms with E-state index < -0.39 is 42.7 Å². The maximum atomic E-state index is 13.1. The van der Waals surface area contributed by atoms with Gasteiger partial charge in [-0.05, 0) is 78.4 Å². The molecule has 4 aromatic rings. The van der Waals surface area contributed by atoms with Gasteiger partial charge in [0.05, 0.1) is 34.0 Å². The molecule has 1 amide bonds. The Balaban J connectivity index is 1.46. The maximum absolute atomic E-state index is 13.1. The number of halogens is 5. The van der Waals surface area contributed by atoms with Crippen molar-refractivity contribution in [1.82, 2.24) is 0 Å². The SMILES string of the molecule is CS(=O)(=O)N(Cc1ccccc1Cl)c1ccc(C(=O)Nc2ccc(S(=O)(=O)Nc3ccc(Cl)c(C(F)(F)F)c3)cc2)cc1. The Kier molecular flexibility index (Phi) is 9.30. The number of nitrogens with zero attached hydrogens (tertiary/aromatic N) is 1. The lowest BCUT2D eigenvalue weighted by Crippen LogP contribution is -2.29. The molecule has 0 aliphatic carbocycles. The van der Waals surface area contributed by atoms with E-state index in [4.69, 9.17) is 23.2 Å². The van der Waals surface area contributed by atoms with Gasteiger partial charge in [0.25, 0.3) is 15.9 Å².